The first kappa shape index (κ1) is 12.9. The van der Waals surface area contributed by atoms with Gasteiger partial charge in [0.05, 0.1) is 0 Å². The Hall–Kier alpha value is -0.0800. The van der Waals surface area contributed by atoms with Crippen molar-refractivity contribution in [3.05, 3.63) is 0 Å². The van der Waals surface area contributed by atoms with Crippen molar-refractivity contribution in [1.82, 2.24) is 10.2 Å². The number of piperazine rings is 1. The third-order valence-corrected chi connectivity index (χ3v) is 5.87. The number of fused-ring (bicyclic) bond motifs is 2. The van der Waals surface area contributed by atoms with Crippen molar-refractivity contribution in [3.8, 4) is 0 Å². The van der Waals surface area contributed by atoms with Crippen LogP contribution in [0.25, 0.3) is 0 Å². The average molecular weight is 250 g/mol. The Balaban J connectivity index is 1.75. The predicted molar refractivity (Wildman–Crippen MR) is 76.6 cm³/mol. The quantitative estimate of drug-likeness (QED) is 0.811. The van der Waals surface area contributed by atoms with Gasteiger partial charge in [0.15, 0.2) is 0 Å². The Morgan fingerprint density at radius 1 is 1.17 bits per heavy atom. The molecule has 4 unspecified atom stereocenters. The maximum Gasteiger partial charge on any atom is 0.0281 e. The maximum absolute atomic E-state index is 3.76. The molecule has 3 fully saturated rings. The average Bonchev–Trinajstić information content (AvgIpc) is 2.89. The van der Waals surface area contributed by atoms with E-state index in [2.05, 4.69) is 37.9 Å². The van der Waals surface area contributed by atoms with E-state index >= 15 is 0 Å². The van der Waals surface area contributed by atoms with Gasteiger partial charge in [-0.25, -0.2) is 0 Å². The summed E-state index contributed by atoms with van der Waals surface area (Å²) in [6, 6.07) is 1.58. The lowest BCUT2D eigenvalue weighted by molar-refractivity contribution is -0.00400. The van der Waals surface area contributed by atoms with Crippen LogP contribution in [0.5, 0.6) is 0 Å². The Labute approximate surface area is 113 Å². The van der Waals surface area contributed by atoms with Crippen LogP contribution in [-0.4, -0.2) is 35.6 Å². The third-order valence-electron chi connectivity index (χ3n) is 5.87. The van der Waals surface area contributed by atoms with Crippen molar-refractivity contribution < 1.29 is 0 Å². The van der Waals surface area contributed by atoms with Crippen molar-refractivity contribution >= 4 is 0 Å². The summed E-state index contributed by atoms with van der Waals surface area (Å²) >= 11 is 0. The highest BCUT2D eigenvalue weighted by atomic mass is 15.3. The highest BCUT2D eigenvalue weighted by Crippen LogP contribution is 2.48. The molecule has 2 saturated carbocycles. The molecule has 1 heterocycles. The SMILES string of the molecule is CC(C)C1CN(C2CC3CCC2C3)C(C)(C)CN1. The van der Waals surface area contributed by atoms with Crippen molar-refractivity contribution in [3.63, 3.8) is 0 Å². The Morgan fingerprint density at radius 2 is 1.94 bits per heavy atom. The molecule has 0 radical (unpaired) electrons. The van der Waals surface area contributed by atoms with Gasteiger partial charge in [-0.1, -0.05) is 20.3 Å². The van der Waals surface area contributed by atoms with Crippen LogP contribution >= 0.6 is 0 Å². The molecule has 2 nitrogen and oxygen atoms in total. The molecule has 2 bridgehead atoms. The van der Waals surface area contributed by atoms with Crippen LogP contribution in [0.3, 0.4) is 0 Å². The highest BCUT2D eigenvalue weighted by Gasteiger charge is 2.47. The lowest BCUT2D eigenvalue weighted by atomic mass is 9.86. The van der Waals surface area contributed by atoms with Gasteiger partial charge in [-0.15, -0.1) is 0 Å². The van der Waals surface area contributed by atoms with Gasteiger partial charge in [-0.05, 0) is 50.9 Å². The molecular formula is C16H30N2. The van der Waals surface area contributed by atoms with E-state index in [0.717, 1.165) is 30.3 Å². The molecule has 3 rings (SSSR count). The second-order valence-corrected chi connectivity index (χ2v) is 7.94. The van der Waals surface area contributed by atoms with Crippen molar-refractivity contribution in [1.29, 1.82) is 0 Å². The number of hydrogen-bond donors (Lipinski definition) is 1. The van der Waals surface area contributed by atoms with E-state index in [9.17, 15) is 0 Å². The number of hydrogen-bond acceptors (Lipinski definition) is 2. The van der Waals surface area contributed by atoms with Crippen molar-refractivity contribution in [2.24, 2.45) is 17.8 Å². The van der Waals surface area contributed by atoms with E-state index in [1.54, 1.807) is 0 Å². The summed E-state index contributed by atoms with van der Waals surface area (Å²) in [5, 5.41) is 3.76. The van der Waals surface area contributed by atoms with Gasteiger partial charge in [0.25, 0.3) is 0 Å². The van der Waals surface area contributed by atoms with E-state index in [0.29, 0.717) is 11.6 Å². The minimum Gasteiger partial charge on any atom is -0.311 e. The molecule has 3 aliphatic rings. The fourth-order valence-corrected chi connectivity index (χ4v) is 4.63. The molecule has 0 spiro atoms. The van der Waals surface area contributed by atoms with Gasteiger partial charge < -0.3 is 5.32 Å². The molecule has 104 valence electrons. The van der Waals surface area contributed by atoms with E-state index < -0.39 is 0 Å². The predicted octanol–water partition coefficient (Wildman–Crippen LogP) is 2.88. The van der Waals surface area contributed by atoms with Gasteiger partial charge in [-0.2, -0.15) is 0 Å². The first-order chi connectivity index (χ1) is 8.47. The molecular weight excluding hydrogens is 220 g/mol. The van der Waals surface area contributed by atoms with E-state index in [4.69, 9.17) is 0 Å². The van der Waals surface area contributed by atoms with Gasteiger partial charge in [0, 0.05) is 30.7 Å². The van der Waals surface area contributed by atoms with Gasteiger partial charge in [0.2, 0.25) is 0 Å². The largest absolute Gasteiger partial charge is 0.311 e. The summed E-state index contributed by atoms with van der Waals surface area (Å²) < 4.78 is 0. The van der Waals surface area contributed by atoms with Crippen LogP contribution in [-0.2, 0) is 0 Å². The maximum atomic E-state index is 3.76. The monoisotopic (exact) mass is 250 g/mol. The molecule has 18 heavy (non-hydrogen) atoms. The molecule has 0 aromatic rings. The zero-order valence-electron chi connectivity index (χ0n) is 12.6. The summed E-state index contributed by atoms with van der Waals surface area (Å²) in [7, 11) is 0. The normalized spacial score (nSPS) is 43.8. The molecule has 0 amide bonds. The lowest BCUT2D eigenvalue weighted by Crippen LogP contribution is -2.66. The topological polar surface area (TPSA) is 15.3 Å². The van der Waals surface area contributed by atoms with Crippen LogP contribution in [0.4, 0.5) is 0 Å². The smallest absolute Gasteiger partial charge is 0.0281 e. The minimum atomic E-state index is 0.348. The van der Waals surface area contributed by atoms with E-state index in [1.165, 1.54) is 32.2 Å². The Kier molecular flexibility index (Phi) is 3.22. The molecule has 4 atom stereocenters. The molecule has 0 aromatic carbocycles. The molecule has 1 N–H and O–H groups in total. The first-order valence-corrected chi connectivity index (χ1v) is 7.97. The first-order valence-electron chi connectivity index (χ1n) is 7.97. The molecule has 1 aliphatic heterocycles. The van der Waals surface area contributed by atoms with Crippen LogP contribution in [0.2, 0.25) is 0 Å². The number of nitrogens with one attached hydrogen (secondary N) is 1. The van der Waals surface area contributed by atoms with Crippen LogP contribution < -0.4 is 5.32 Å². The summed E-state index contributed by atoms with van der Waals surface area (Å²) in [6.07, 6.45) is 6.03. The summed E-state index contributed by atoms with van der Waals surface area (Å²) in [6.45, 7) is 12.0. The van der Waals surface area contributed by atoms with E-state index in [-0.39, 0.29) is 0 Å². The second kappa shape index (κ2) is 4.49. The second-order valence-electron chi connectivity index (χ2n) is 7.94. The molecule has 0 aromatic heterocycles. The van der Waals surface area contributed by atoms with Crippen molar-refractivity contribution in [2.45, 2.75) is 71.0 Å². The summed E-state index contributed by atoms with van der Waals surface area (Å²) in [4.78, 5) is 2.87. The summed E-state index contributed by atoms with van der Waals surface area (Å²) in [5.41, 5.74) is 0.348. The van der Waals surface area contributed by atoms with Crippen LogP contribution in [0, 0.1) is 17.8 Å². The summed E-state index contributed by atoms with van der Waals surface area (Å²) in [5.74, 6) is 2.82. The number of nitrogens with zero attached hydrogens (tertiary/aromatic N) is 1. The molecule has 1 saturated heterocycles. The van der Waals surface area contributed by atoms with Crippen LogP contribution in [0.1, 0.15) is 53.4 Å². The minimum absolute atomic E-state index is 0.348. The molecule has 2 aliphatic carbocycles. The lowest BCUT2D eigenvalue weighted by Gasteiger charge is -2.52. The van der Waals surface area contributed by atoms with Crippen LogP contribution in [0.15, 0.2) is 0 Å². The molecule has 2 heteroatoms. The zero-order valence-corrected chi connectivity index (χ0v) is 12.6. The Bertz CT molecular complexity index is 310. The number of rotatable bonds is 2. The third kappa shape index (κ3) is 2.12. The van der Waals surface area contributed by atoms with Gasteiger partial charge in [0.1, 0.15) is 0 Å². The van der Waals surface area contributed by atoms with Crippen molar-refractivity contribution in [2.75, 3.05) is 13.1 Å². The fourth-order valence-electron chi connectivity index (χ4n) is 4.63. The zero-order chi connectivity index (χ0) is 12.9. The van der Waals surface area contributed by atoms with Gasteiger partial charge >= 0.3 is 0 Å². The Morgan fingerprint density at radius 3 is 2.50 bits per heavy atom. The standard InChI is InChI=1S/C16H30N2/c1-11(2)14-9-18(16(3,4)10-17-14)15-8-12-5-6-13(15)7-12/h11-15,17H,5-10H2,1-4H3. The highest BCUT2D eigenvalue weighted by molar-refractivity contribution is 5.03. The van der Waals surface area contributed by atoms with Gasteiger partial charge in [-0.3, -0.25) is 4.90 Å². The fraction of sp³-hybridized carbons (Fsp3) is 1.00. The van der Waals surface area contributed by atoms with E-state index in [1.807, 2.05) is 0 Å².